The van der Waals surface area contributed by atoms with Gasteiger partial charge in [0.1, 0.15) is 0 Å². The SMILES string of the molecule is CNc1ccc(C(=O)N(C)Cc2ccsc2)c(C)c1. The predicted octanol–water partition coefficient (Wildman–Crippen LogP) is 3.37. The molecule has 0 aliphatic rings. The number of aryl methyl sites for hydroxylation is 1. The zero-order chi connectivity index (χ0) is 13.8. The van der Waals surface area contributed by atoms with Crippen LogP contribution in [0.5, 0.6) is 0 Å². The van der Waals surface area contributed by atoms with E-state index in [9.17, 15) is 4.79 Å². The van der Waals surface area contributed by atoms with Gasteiger partial charge in [0.05, 0.1) is 0 Å². The van der Waals surface area contributed by atoms with Gasteiger partial charge in [-0.25, -0.2) is 0 Å². The zero-order valence-corrected chi connectivity index (χ0v) is 12.3. The van der Waals surface area contributed by atoms with Crippen molar-refractivity contribution in [2.45, 2.75) is 13.5 Å². The van der Waals surface area contributed by atoms with E-state index in [1.807, 2.05) is 50.7 Å². The normalized spacial score (nSPS) is 10.3. The summed E-state index contributed by atoms with van der Waals surface area (Å²) in [6, 6.07) is 7.85. The molecule has 3 nitrogen and oxygen atoms in total. The number of thiophene rings is 1. The largest absolute Gasteiger partial charge is 0.388 e. The summed E-state index contributed by atoms with van der Waals surface area (Å²) in [4.78, 5) is 14.2. The summed E-state index contributed by atoms with van der Waals surface area (Å²) < 4.78 is 0. The van der Waals surface area contributed by atoms with Gasteiger partial charge in [0.15, 0.2) is 0 Å². The van der Waals surface area contributed by atoms with Crippen molar-refractivity contribution in [3.63, 3.8) is 0 Å². The summed E-state index contributed by atoms with van der Waals surface area (Å²) in [5.41, 5.74) is 3.95. The first-order chi connectivity index (χ1) is 9.11. The molecule has 1 N–H and O–H groups in total. The minimum absolute atomic E-state index is 0.0614. The van der Waals surface area contributed by atoms with E-state index in [-0.39, 0.29) is 5.91 Å². The van der Waals surface area contributed by atoms with Crippen molar-refractivity contribution in [1.29, 1.82) is 0 Å². The molecule has 0 saturated carbocycles. The van der Waals surface area contributed by atoms with Gasteiger partial charge in [-0.1, -0.05) is 0 Å². The van der Waals surface area contributed by atoms with Gasteiger partial charge in [-0.3, -0.25) is 4.79 Å². The van der Waals surface area contributed by atoms with E-state index in [2.05, 4.69) is 10.7 Å². The lowest BCUT2D eigenvalue weighted by Crippen LogP contribution is -2.26. The maximum atomic E-state index is 12.4. The van der Waals surface area contributed by atoms with Gasteiger partial charge >= 0.3 is 0 Å². The lowest BCUT2D eigenvalue weighted by atomic mass is 10.1. The molecule has 0 aliphatic heterocycles. The highest BCUT2D eigenvalue weighted by molar-refractivity contribution is 7.07. The third kappa shape index (κ3) is 3.15. The van der Waals surface area contributed by atoms with Crippen LogP contribution < -0.4 is 5.32 Å². The average Bonchev–Trinajstić information content (AvgIpc) is 2.90. The number of benzene rings is 1. The molecule has 1 aromatic carbocycles. The molecule has 0 radical (unpaired) electrons. The van der Waals surface area contributed by atoms with Crippen molar-refractivity contribution >= 4 is 22.9 Å². The Morgan fingerprint density at radius 2 is 2.16 bits per heavy atom. The Labute approximate surface area is 117 Å². The number of nitrogens with zero attached hydrogens (tertiary/aromatic N) is 1. The van der Waals surface area contributed by atoms with Crippen molar-refractivity contribution < 1.29 is 4.79 Å². The third-order valence-electron chi connectivity index (χ3n) is 3.09. The van der Waals surface area contributed by atoms with Crippen LogP contribution in [0.2, 0.25) is 0 Å². The molecule has 0 bridgehead atoms. The maximum Gasteiger partial charge on any atom is 0.254 e. The first-order valence-electron chi connectivity index (χ1n) is 6.16. The smallest absolute Gasteiger partial charge is 0.254 e. The summed E-state index contributed by atoms with van der Waals surface area (Å²) in [5, 5.41) is 7.17. The van der Waals surface area contributed by atoms with Crippen LogP contribution in [0.1, 0.15) is 21.5 Å². The number of nitrogens with one attached hydrogen (secondary N) is 1. The summed E-state index contributed by atoms with van der Waals surface area (Å²) >= 11 is 1.65. The number of anilines is 1. The fraction of sp³-hybridized carbons (Fsp3) is 0.267. The quantitative estimate of drug-likeness (QED) is 0.927. The molecule has 0 atom stereocenters. The Hall–Kier alpha value is -1.81. The second kappa shape index (κ2) is 5.89. The van der Waals surface area contributed by atoms with Crippen LogP contribution in [0.3, 0.4) is 0 Å². The van der Waals surface area contributed by atoms with E-state index in [1.165, 1.54) is 5.56 Å². The zero-order valence-electron chi connectivity index (χ0n) is 11.4. The number of carbonyl (C=O) groups excluding carboxylic acids is 1. The molecule has 100 valence electrons. The first kappa shape index (κ1) is 13.6. The van der Waals surface area contributed by atoms with Gasteiger partial charge in [0.2, 0.25) is 0 Å². The topological polar surface area (TPSA) is 32.3 Å². The van der Waals surface area contributed by atoms with E-state index in [4.69, 9.17) is 0 Å². The van der Waals surface area contributed by atoms with Gasteiger partial charge in [0, 0.05) is 31.9 Å². The Balaban J connectivity index is 2.14. The molecule has 4 heteroatoms. The number of hydrogen-bond donors (Lipinski definition) is 1. The average molecular weight is 274 g/mol. The molecule has 0 spiro atoms. The van der Waals surface area contributed by atoms with Gasteiger partial charge in [0.25, 0.3) is 5.91 Å². The van der Waals surface area contributed by atoms with Crippen LogP contribution in [0.25, 0.3) is 0 Å². The standard InChI is InChI=1S/C15H18N2OS/c1-11-8-13(16-2)4-5-14(11)15(18)17(3)9-12-6-7-19-10-12/h4-8,10,16H,9H2,1-3H3. The highest BCUT2D eigenvalue weighted by Gasteiger charge is 2.14. The molecule has 0 fully saturated rings. The fourth-order valence-corrected chi connectivity index (χ4v) is 2.65. The highest BCUT2D eigenvalue weighted by atomic mass is 32.1. The van der Waals surface area contributed by atoms with Crippen LogP contribution in [0.4, 0.5) is 5.69 Å². The van der Waals surface area contributed by atoms with E-state index in [1.54, 1.807) is 16.2 Å². The summed E-state index contributed by atoms with van der Waals surface area (Å²) in [6.07, 6.45) is 0. The molecular formula is C15H18N2OS. The van der Waals surface area contributed by atoms with E-state index >= 15 is 0 Å². The van der Waals surface area contributed by atoms with Crippen LogP contribution in [-0.4, -0.2) is 24.9 Å². The van der Waals surface area contributed by atoms with Crippen LogP contribution in [-0.2, 0) is 6.54 Å². The Kier molecular flexibility index (Phi) is 4.22. The van der Waals surface area contributed by atoms with Crippen LogP contribution in [0, 0.1) is 6.92 Å². The van der Waals surface area contributed by atoms with Crippen molar-refractivity contribution in [2.24, 2.45) is 0 Å². The monoisotopic (exact) mass is 274 g/mol. The summed E-state index contributed by atoms with van der Waals surface area (Å²) in [5.74, 6) is 0.0614. The van der Waals surface area contributed by atoms with E-state index in [0.29, 0.717) is 6.54 Å². The van der Waals surface area contributed by atoms with Gasteiger partial charge < -0.3 is 10.2 Å². The molecule has 1 heterocycles. The van der Waals surface area contributed by atoms with Crippen molar-refractivity contribution in [2.75, 3.05) is 19.4 Å². The molecule has 1 amide bonds. The molecule has 0 unspecified atom stereocenters. The van der Waals surface area contributed by atoms with Crippen LogP contribution in [0.15, 0.2) is 35.0 Å². The molecule has 0 saturated heterocycles. The fourth-order valence-electron chi connectivity index (χ4n) is 1.99. The van der Waals surface area contributed by atoms with Gasteiger partial charge in [-0.05, 0) is 53.1 Å². The number of hydrogen-bond acceptors (Lipinski definition) is 3. The Morgan fingerprint density at radius 1 is 1.37 bits per heavy atom. The molecule has 19 heavy (non-hydrogen) atoms. The lowest BCUT2D eigenvalue weighted by molar-refractivity contribution is 0.0784. The van der Waals surface area contributed by atoms with E-state index < -0.39 is 0 Å². The van der Waals surface area contributed by atoms with Crippen LogP contribution >= 0.6 is 11.3 Å². The van der Waals surface area contributed by atoms with Gasteiger partial charge in [-0.2, -0.15) is 11.3 Å². The minimum atomic E-state index is 0.0614. The Morgan fingerprint density at radius 3 is 2.74 bits per heavy atom. The molecule has 1 aromatic heterocycles. The molecule has 2 rings (SSSR count). The second-order valence-corrected chi connectivity index (χ2v) is 5.35. The minimum Gasteiger partial charge on any atom is -0.388 e. The summed E-state index contributed by atoms with van der Waals surface area (Å²) in [7, 11) is 3.71. The predicted molar refractivity (Wildman–Crippen MR) is 80.8 cm³/mol. The number of carbonyl (C=O) groups is 1. The van der Waals surface area contributed by atoms with Crippen molar-refractivity contribution in [1.82, 2.24) is 4.90 Å². The first-order valence-corrected chi connectivity index (χ1v) is 7.11. The summed E-state index contributed by atoms with van der Waals surface area (Å²) in [6.45, 7) is 2.61. The third-order valence-corrected chi connectivity index (χ3v) is 3.82. The molecule has 0 aliphatic carbocycles. The number of rotatable bonds is 4. The molecule has 2 aromatic rings. The highest BCUT2D eigenvalue weighted by Crippen LogP contribution is 2.17. The van der Waals surface area contributed by atoms with Crippen molar-refractivity contribution in [3.05, 3.63) is 51.7 Å². The van der Waals surface area contributed by atoms with E-state index in [0.717, 1.165) is 16.8 Å². The second-order valence-electron chi connectivity index (χ2n) is 4.57. The van der Waals surface area contributed by atoms with Gasteiger partial charge in [-0.15, -0.1) is 0 Å². The lowest BCUT2D eigenvalue weighted by Gasteiger charge is -2.18. The molecular weight excluding hydrogens is 256 g/mol. The Bertz CT molecular complexity index is 564. The number of amides is 1. The maximum absolute atomic E-state index is 12.4. The van der Waals surface area contributed by atoms with Crippen molar-refractivity contribution in [3.8, 4) is 0 Å².